The first-order valence-corrected chi connectivity index (χ1v) is 23.5. The molecule has 50 heavy (non-hydrogen) atoms. The van der Waals surface area contributed by atoms with E-state index in [0.29, 0.717) is 33.9 Å². The molecule has 4 rings (SSSR count). The molecule has 0 bridgehead atoms. The molecule has 0 saturated carbocycles. The Kier molecular flexibility index (Phi) is 19.2. The summed E-state index contributed by atoms with van der Waals surface area (Å²) < 4.78 is 25.1. The molecule has 0 amide bonds. The fourth-order valence-corrected chi connectivity index (χ4v) is 13.1. The predicted molar refractivity (Wildman–Crippen MR) is 223 cm³/mol. The van der Waals surface area contributed by atoms with Crippen molar-refractivity contribution in [3.8, 4) is 22.6 Å². The molecule has 6 nitrogen and oxygen atoms in total. The van der Waals surface area contributed by atoms with Crippen LogP contribution in [0.3, 0.4) is 0 Å². The van der Waals surface area contributed by atoms with Gasteiger partial charge >= 0.3 is 11.9 Å². The summed E-state index contributed by atoms with van der Waals surface area (Å²) in [4.78, 5) is 24.8. The van der Waals surface area contributed by atoms with E-state index in [1.165, 1.54) is 35.2 Å². The van der Waals surface area contributed by atoms with E-state index in [1.54, 1.807) is 0 Å². The third-order valence-electron chi connectivity index (χ3n) is 7.28. The van der Waals surface area contributed by atoms with Crippen LogP contribution in [0.1, 0.15) is 40.5 Å². The summed E-state index contributed by atoms with van der Waals surface area (Å²) in [5, 5.41) is 0. The average Bonchev–Trinajstić information content (AvgIpc) is 3.81. The van der Waals surface area contributed by atoms with Gasteiger partial charge in [-0.2, -0.15) is 23.5 Å². The number of allylic oxidation sites excluding steroid dienone is 2. The molecule has 2 saturated heterocycles. The molecule has 0 spiro atoms. The first-order valence-electron chi connectivity index (χ1n) is 17.0. The predicted octanol–water partition coefficient (Wildman–Crippen LogP) is 9.73. The highest BCUT2D eigenvalue weighted by molar-refractivity contribution is 8.20. The van der Waals surface area contributed by atoms with E-state index in [9.17, 15) is 9.59 Å². The number of ether oxygens (including phenoxy) is 4. The van der Waals surface area contributed by atoms with Gasteiger partial charge in [-0.05, 0) is 87.4 Å². The number of carbonyl (C=O) groups is 2. The summed E-state index contributed by atoms with van der Waals surface area (Å²) in [5.41, 5.74) is 3.93. The molecule has 2 fully saturated rings. The van der Waals surface area contributed by atoms with Crippen LogP contribution in [-0.4, -0.2) is 92.5 Å². The molecule has 2 unspecified atom stereocenters. The molecule has 2 heterocycles. The lowest BCUT2D eigenvalue weighted by Gasteiger charge is -2.19. The molecule has 0 aromatic heterocycles. The minimum absolute atomic E-state index is 0.301. The summed E-state index contributed by atoms with van der Waals surface area (Å²) >= 11 is 11.8. The van der Waals surface area contributed by atoms with Gasteiger partial charge in [0.15, 0.2) is 0 Å². The minimum atomic E-state index is -0.330. The standard InChI is InChI=1S/C38H50O6S6/c1-27(2)21-35(39)43-33(25-45-15-13-37-47-17-18-48-37)23-41-31-9-5-29(6-10-31)30-7-11-32(12-8-30)42-24-34(44-36(40)22-28(3)4)26-46-16-14-38-49-19-20-50-38/h5-12,21-22,33-34,37-38H,13-20,23-26H2,1-4H3. The van der Waals surface area contributed by atoms with Crippen LogP contribution in [0.2, 0.25) is 0 Å². The number of hydrogen-bond donors (Lipinski definition) is 0. The Labute approximate surface area is 324 Å². The summed E-state index contributed by atoms with van der Waals surface area (Å²) in [6, 6.07) is 15.9. The number of rotatable bonds is 21. The number of carbonyl (C=O) groups excluding carboxylic acids is 2. The first-order chi connectivity index (χ1) is 24.2. The SMILES string of the molecule is CC(C)=CC(=O)OC(COc1ccc(-c2ccc(OCC(CSCCC3SCCS3)OC(=O)C=C(C)C)cc2)cc1)CSCCC1SCCS1. The number of thioether (sulfide) groups is 6. The highest BCUT2D eigenvalue weighted by Crippen LogP contribution is 2.36. The fourth-order valence-electron chi connectivity index (χ4n) is 4.90. The van der Waals surface area contributed by atoms with Crippen LogP contribution < -0.4 is 9.47 Å². The Morgan fingerprint density at radius 3 is 1.34 bits per heavy atom. The monoisotopic (exact) mass is 794 g/mol. The topological polar surface area (TPSA) is 71.1 Å². The van der Waals surface area contributed by atoms with Gasteiger partial charge < -0.3 is 18.9 Å². The quantitative estimate of drug-likeness (QED) is 0.0687. The third kappa shape index (κ3) is 16.5. The van der Waals surface area contributed by atoms with Gasteiger partial charge in [-0.1, -0.05) is 35.4 Å². The third-order valence-corrected chi connectivity index (χ3v) is 15.9. The van der Waals surface area contributed by atoms with Crippen LogP contribution in [-0.2, 0) is 19.1 Å². The van der Waals surface area contributed by atoms with E-state index < -0.39 is 0 Å². The van der Waals surface area contributed by atoms with Crippen LogP contribution in [0.25, 0.3) is 11.1 Å². The van der Waals surface area contributed by atoms with E-state index in [4.69, 9.17) is 18.9 Å². The van der Waals surface area contributed by atoms with Gasteiger partial charge in [-0.15, -0.1) is 47.0 Å². The lowest BCUT2D eigenvalue weighted by Crippen LogP contribution is -2.27. The van der Waals surface area contributed by atoms with Crippen molar-refractivity contribution in [1.29, 1.82) is 0 Å². The van der Waals surface area contributed by atoms with Gasteiger partial charge in [0, 0.05) is 46.7 Å². The number of benzene rings is 2. The summed E-state index contributed by atoms with van der Waals surface area (Å²) in [7, 11) is 0. The molecule has 2 aliphatic heterocycles. The first kappa shape index (κ1) is 41.3. The van der Waals surface area contributed by atoms with Crippen LogP contribution >= 0.6 is 70.6 Å². The van der Waals surface area contributed by atoms with E-state index in [2.05, 4.69) is 0 Å². The maximum Gasteiger partial charge on any atom is 0.331 e. The van der Waals surface area contributed by atoms with Crippen molar-refractivity contribution in [2.24, 2.45) is 0 Å². The molecule has 0 N–H and O–H groups in total. The molecule has 274 valence electrons. The van der Waals surface area contributed by atoms with E-state index >= 15 is 0 Å². The lowest BCUT2D eigenvalue weighted by atomic mass is 10.1. The van der Waals surface area contributed by atoms with Crippen molar-refractivity contribution in [2.75, 3.05) is 59.2 Å². The molecule has 2 atom stereocenters. The van der Waals surface area contributed by atoms with E-state index in [-0.39, 0.29) is 24.1 Å². The van der Waals surface area contributed by atoms with Crippen LogP contribution in [0, 0.1) is 0 Å². The van der Waals surface area contributed by atoms with E-state index in [1.807, 2.05) is 147 Å². The molecule has 2 aromatic carbocycles. The van der Waals surface area contributed by atoms with Crippen LogP contribution in [0.15, 0.2) is 71.8 Å². The summed E-state index contributed by atoms with van der Waals surface area (Å²) in [6.45, 7) is 8.16. The Morgan fingerprint density at radius 2 is 1.00 bits per heavy atom. The molecule has 12 heteroatoms. The minimum Gasteiger partial charge on any atom is -0.490 e. The molecular formula is C38H50O6S6. The van der Waals surface area contributed by atoms with Gasteiger partial charge in [0.2, 0.25) is 0 Å². The Morgan fingerprint density at radius 1 is 0.640 bits per heavy atom. The second kappa shape index (κ2) is 23.3. The van der Waals surface area contributed by atoms with Gasteiger partial charge in [0.05, 0.1) is 9.16 Å². The van der Waals surface area contributed by atoms with Crippen molar-refractivity contribution in [2.45, 2.75) is 61.9 Å². The lowest BCUT2D eigenvalue weighted by molar-refractivity contribution is -0.144. The fraction of sp³-hybridized carbons (Fsp3) is 0.526. The Bertz CT molecular complexity index is 1260. The second-order valence-corrected chi connectivity index (χ2v) is 20.4. The maximum absolute atomic E-state index is 12.4. The Balaban J connectivity index is 1.25. The normalized spacial score (nSPS) is 16.0. The van der Waals surface area contributed by atoms with Crippen molar-refractivity contribution in [3.05, 3.63) is 71.8 Å². The highest BCUT2D eigenvalue weighted by atomic mass is 32.2. The van der Waals surface area contributed by atoms with Gasteiger partial charge in [0.1, 0.15) is 36.9 Å². The molecule has 2 aromatic rings. The zero-order chi connectivity index (χ0) is 35.6. The highest BCUT2D eigenvalue weighted by Gasteiger charge is 2.20. The van der Waals surface area contributed by atoms with Gasteiger partial charge in [0.25, 0.3) is 0 Å². The average molecular weight is 795 g/mol. The number of hydrogen-bond acceptors (Lipinski definition) is 12. The summed E-state index contributed by atoms with van der Waals surface area (Å²) in [5.74, 6) is 9.27. The van der Waals surface area contributed by atoms with E-state index in [0.717, 1.165) is 58.1 Å². The van der Waals surface area contributed by atoms with Gasteiger partial charge in [-0.25, -0.2) is 9.59 Å². The molecule has 0 aliphatic carbocycles. The van der Waals surface area contributed by atoms with Crippen molar-refractivity contribution < 1.29 is 28.5 Å². The van der Waals surface area contributed by atoms with Crippen molar-refractivity contribution >= 4 is 82.5 Å². The van der Waals surface area contributed by atoms with Crippen molar-refractivity contribution in [1.82, 2.24) is 0 Å². The molecule has 0 radical (unpaired) electrons. The van der Waals surface area contributed by atoms with Gasteiger partial charge in [-0.3, -0.25) is 0 Å². The van der Waals surface area contributed by atoms with Crippen LogP contribution in [0.4, 0.5) is 0 Å². The zero-order valence-corrected chi connectivity index (χ0v) is 34.4. The maximum atomic E-state index is 12.4. The number of esters is 2. The smallest absolute Gasteiger partial charge is 0.331 e. The van der Waals surface area contributed by atoms with Crippen molar-refractivity contribution in [3.63, 3.8) is 0 Å². The molecule has 2 aliphatic rings. The largest absolute Gasteiger partial charge is 0.490 e. The van der Waals surface area contributed by atoms with Crippen LogP contribution in [0.5, 0.6) is 11.5 Å². The second-order valence-electron chi connectivity index (χ2n) is 12.3. The Hall–Kier alpha value is -1.44. The molecular weight excluding hydrogens is 745 g/mol. The summed E-state index contributed by atoms with van der Waals surface area (Å²) in [6.07, 6.45) is 4.73. The zero-order valence-electron chi connectivity index (χ0n) is 29.5.